The van der Waals surface area contributed by atoms with E-state index in [-0.39, 0.29) is 0 Å². The van der Waals surface area contributed by atoms with Crippen LogP contribution in [0.1, 0.15) is 45.2 Å². The van der Waals surface area contributed by atoms with Crippen molar-refractivity contribution in [3.8, 4) is 0 Å². The van der Waals surface area contributed by atoms with E-state index in [9.17, 15) is 5.11 Å². The van der Waals surface area contributed by atoms with Gasteiger partial charge in [0.2, 0.25) is 0 Å². The van der Waals surface area contributed by atoms with Gasteiger partial charge in [-0.05, 0) is 38.8 Å². The van der Waals surface area contributed by atoms with Crippen LogP contribution in [0.15, 0.2) is 23.9 Å². The maximum atomic E-state index is 10.9. The molecule has 7 heteroatoms. The number of aromatic amines is 1. The van der Waals surface area contributed by atoms with Crippen molar-refractivity contribution in [2.45, 2.75) is 39.7 Å². The highest BCUT2D eigenvalue weighted by atomic mass is 16.5. The molecular weight excluding hydrogens is 342 g/mol. The topological polar surface area (TPSA) is 86.3 Å². The third-order valence-electron chi connectivity index (χ3n) is 4.74. The Bertz CT molecular complexity index is 787. The van der Waals surface area contributed by atoms with E-state index in [4.69, 9.17) is 9.72 Å². The molecule has 2 aromatic rings. The predicted octanol–water partition coefficient (Wildman–Crippen LogP) is 3.43. The van der Waals surface area contributed by atoms with Crippen molar-refractivity contribution >= 4 is 23.5 Å². The fraction of sp³-hybridized carbons (Fsp3) is 0.500. The lowest BCUT2D eigenvalue weighted by molar-refractivity contribution is 0.0783. The van der Waals surface area contributed by atoms with Gasteiger partial charge in [0.1, 0.15) is 17.5 Å². The second kappa shape index (κ2) is 8.10. The van der Waals surface area contributed by atoms with E-state index < -0.39 is 5.60 Å². The summed E-state index contributed by atoms with van der Waals surface area (Å²) in [6.07, 6.45) is 4.72. The molecule has 146 valence electrons. The molecule has 3 heterocycles. The molecule has 0 atom stereocenters. The molecule has 0 aromatic carbocycles. The number of anilines is 3. The lowest BCUT2D eigenvalue weighted by Gasteiger charge is -2.31. The Balaban J connectivity index is 2.15. The average Bonchev–Trinajstić information content (AvgIpc) is 3.15. The number of pyridine rings is 1. The molecule has 0 bridgehead atoms. The highest BCUT2D eigenvalue weighted by Crippen LogP contribution is 2.34. The fourth-order valence-corrected chi connectivity index (χ4v) is 3.05. The quantitative estimate of drug-likeness (QED) is 0.721. The number of aliphatic hydroxyl groups is 1. The normalized spacial score (nSPS) is 15.9. The van der Waals surface area contributed by atoms with Crippen LogP contribution in [0.4, 0.5) is 17.5 Å². The second-order valence-electron chi connectivity index (χ2n) is 7.39. The molecule has 0 unspecified atom stereocenters. The first kappa shape index (κ1) is 19.4. The Hall–Kier alpha value is -2.38. The van der Waals surface area contributed by atoms with Crippen molar-refractivity contribution in [1.29, 1.82) is 0 Å². The Morgan fingerprint density at radius 3 is 2.74 bits per heavy atom. The summed E-state index contributed by atoms with van der Waals surface area (Å²) in [6, 6.07) is 3.85. The lowest BCUT2D eigenvalue weighted by atomic mass is 9.92. The van der Waals surface area contributed by atoms with Crippen LogP contribution in [0.2, 0.25) is 0 Å². The summed E-state index contributed by atoms with van der Waals surface area (Å²) < 4.78 is 5.47. The molecule has 27 heavy (non-hydrogen) atoms. The molecule has 0 saturated carbocycles. The molecule has 2 aromatic heterocycles. The van der Waals surface area contributed by atoms with Crippen LogP contribution in [-0.4, -0.2) is 46.6 Å². The van der Waals surface area contributed by atoms with E-state index in [0.29, 0.717) is 19.0 Å². The van der Waals surface area contributed by atoms with Gasteiger partial charge in [0.05, 0.1) is 25.0 Å². The molecule has 0 aliphatic carbocycles. The first-order valence-corrected chi connectivity index (χ1v) is 9.42. The van der Waals surface area contributed by atoms with Crippen LogP contribution in [0.25, 0.3) is 6.08 Å². The third-order valence-corrected chi connectivity index (χ3v) is 4.74. The zero-order valence-corrected chi connectivity index (χ0v) is 16.5. The maximum absolute atomic E-state index is 10.9. The number of hydrogen-bond donors (Lipinski definition) is 3. The summed E-state index contributed by atoms with van der Waals surface area (Å²) in [4.78, 5) is 7.08. The molecule has 0 amide bonds. The minimum absolute atomic E-state index is 0.680. The van der Waals surface area contributed by atoms with Gasteiger partial charge in [-0.3, -0.25) is 5.10 Å². The molecule has 7 nitrogen and oxygen atoms in total. The summed E-state index contributed by atoms with van der Waals surface area (Å²) >= 11 is 0. The average molecular weight is 371 g/mol. The van der Waals surface area contributed by atoms with Crippen LogP contribution in [0.5, 0.6) is 0 Å². The van der Waals surface area contributed by atoms with Gasteiger partial charge in [-0.2, -0.15) is 5.10 Å². The zero-order chi connectivity index (χ0) is 19.4. The van der Waals surface area contributed by atoms with Crippen LogP contribution >= 0.6 is 0 Å². The molecule has 0 radical (unpaired) electrons. The van der Waals surface area contributed by atoms with E-state index in [1.807, 2.05) is 26.0 Å². The molecular formula is C20H29N5O2. The summed E-state index contributed by atoms with van der Waals surface area (Å²) in [5, 5.41) is 21.1. The van der Waals surface area contributed by atoms with Crippen molar-refractivity contribution < 1.29 is 9.84 Å². The molecule has 3 N–H and O–H groups in total. The summed E-state index contributed by atoms with van der Waals surface area (Å²) in [7, 11) is 0. The van der Waals surface area contributed by atoms with Crippen molar-refractivity contribution in [2.24, 2.45) is 0 Å². The molecule has 1 fully saturated rings. The molecule has 1 aliphatic rings. The third kappa shape index (κ3) is 4.67. The van der Waals surface area contributed by atoms with Crippen molar-refractivity contribution in [2.75, 3.05) is 36.5 Å². The number of morpholine rings is 1. The van der Waals surface area contributed by atoms with E-state index in [1.54, 1.807) is 6.20 Å². The monoisotopic (exact) mass is 371 g/mol. The predicted molar refractivity (Wildman–Crippen MR) is 108 cm³/mol. The van der Waals surface area contributed by atoms with Gasteiger partial charge >= 0.3 is 0 Å². The molecule has 0 spiro atoms. The highest BCUT2D eigenvalue weighted by Gasteiger charge is 2.25. The number of H-pyrrole nitrogens is 1. The van der Waals surface area contributed by atoms with Crippen LogP contribution in [0, 0.1) is 0 Å². The SMILES string of the molecule is CCC(C)=Cc1c(C(C)(C)O)cc(N2CCOCC2)nc1Nc1ccn[nH]1. The van der Waals surface area contributed by atoms with E-state index in [1.165, 1.54) is 5.57 Å². The Morgan fingerprint density at radius 1 is 1.41 bits per heavy atom. The number of nitrogens with one attached hydrogen (secondary N) is 2. The van der Waals surface area contributed by atoms with Crippen molar-refractivity contribution in [1.82, 2.24) is 15.2 Å². The van der Waals surface area contributed by atoms with Crippen molar-refractivity contribution in [3.05, 3.63) is 35.0 Å². The van der Waals surface area contributed by atoms with Gasteiger partial charge in [-0.25, -0.2) is 4.98 Å². The van der Waals surface area contributed by atoms with E-state index >= 15 is 0 Å². The Labute approximate surface area is 160 Å². The fourth-order valence-electron chi connectivity index (χ4n) is 3.05. The van der Waals surface area contributed by atoms with Gasteiger partial charge in [-0.1, -0.05) is 18.6 Å². The van der Waals surface area contributed by atoms with E-state index in [0.717, 1.165) is 42.3 Å². The van der Waals surface area contributed by atoms with Crippen LogP contribution in [0.3, 0.4) is 0 Å². The van der Waals surface area contributed by atoms with Gasteiger partial charge < -0.3 is 20.1 Å². The Morgan fingerprint density at radius 2 is 2.15 bits per heavy atom. The highest BCUT2D eigenvalue weighted by molar-refractivity contribution is 5.74. The number of ether oxygens (including phenoxy) is 1. The number of rotatable bonds is 6. The minimum atomic E-state index is -1.01. The standard InChI is InChI=1S/C20H29N5O2/c1-5-14(2)12-15-16(20(3,4)26)13-18(25-8-10-27-11-9-25)23-19(15)22-17-6-7-21-24-17/h6-7,12-13,26H,5,8-11H2,1-4H3,(H2,21,22,23,24). The number of hydrogen-bond acceptors (Lipinski definition) is 6. The van der Waals surface area contributed by atoms with Gasteiger partial charge in [0, 0.05) is 24.7 Å². The van der Waals surface area contributed by atoms with Gasteiger partial charge in [0.15, 0.2) is 0 Å². The van der Waals surface area contributed by atoms with Crippen molar-refractivity contribution in [3.63, 3.8) is 0 Å². The molecule has 1 saturated heterocycles. The smallest absolute Gasteiger partial charge is 0.141 e. The van der Waals surface area contributed by atoms with E-state index in [2.05, 4.69) is 40.3 Å². The maximum Gasteiger partial charge on any atom is 0.141 e. The number of nitrogens with zero attached hydrogens (tertiary/aromatic N) is 3. The number of allylic oxidation sites excluding steroid dienone is 1. The summed E-state index contributed by atoms with van der Waals surface area (Å²) in [5.41, 5.74) is 1.95. The van der Waals surface area contributed by atoms with Gasteiger partial charge in [0.25, 0.3) is 0 Å². The first-order chi connectivity index (χ1) is 12.9. The molecule has 1 aliphatic heterocycles. The number of aromatic nitrogens is 3. The zero-order valence-electron chi connectivity index (χ0n) is 16.5. The largest absolute Gasteiger partial charge is 0.386 e. The Kier molecular flexibility index (Phi) is 5.82. The summed E-state index contributed by atoms with van der Waals surface area (Å²) in [5.74, 6) is 2.30. The first-order valence-electron chi connectivity index (χ1n) is 9.42. The van der Waals surface area contributed by atoms with Crippen LogP contribution in [-0.2, 0) is 10.3 Å². The summed E-state index contributed by atoms with van der Waals surface area (Å²) in [6.45, 7) is 10.8. The van der Waals surface area contributed by atoms with Gasteiger partial charge in [-0.15, -0.1) is 0 Å². The van der Waals surface area contributed by atoms with Crippen LogP contribution < -0.4 is 10.2 Å². The molecule has 3 rings (SSSR count). The minimum Gasteiger partial charge on any atom is -0.386 e. The second-order valence-corrected chi connectivity index (χ2v) is 7.39. The lowest BCUT2D eigenvalue weighted by Crippen LogP contribution is -2.37.